The highest BCUT2D eigenvalue weighted by Crippen LogP contribution is 2.26. The number of primary amides is 1. The number of hydrogen-bond donors (Lipinski definition) is 27. The number of likely N-dealkylation sites (tertiary alicyclic amines) is 2. The van der Waals surface area contributed by atoms with E-state index in [9.17, 15) is 68.1 Å². The number of aromatic nitrogens is 5. The molecule has 736 valence electrons. The van der Waals surface area contributed by atoms with E-state index in [2.05, 4.69) is 99.4 Å². The molecule has 5 aromatic rings. The molecule has 2 aliphatic heterocycles. The monoisotopic (exact) mass is 1890 g/mol. The van der Waals surface area contributed by atoms with Crippen LogP contribution in [0.4, 0.5) is 0 Å². The number of benzene rings is 2. The molecule has 15 amide bonds. The number of H-pyrrole nitrogens is 3. The summed E-state index contributed by atoms with van der Waals surface area (Å²) in [4.78, 5) is 272. The summed E-state index contributed by atoms with van der Waals surface area (Å²) >= 11 is 0. The standard InChI is InChI=1S/C86H125N27O22/c1-7-44(4)68(80(130)108-61(35-50-40-94-42-99-50)83(133)112-29-15-23-63(112)78(128)102-55(22-14-28-96-86(91)92)73(123)111-69(46(6)114)81(131)109-62(84(134)135)31-43(2)3)110-79(129)64-24-16-30-113(64)82(132)60(32-47-17-9-8-10-18-47)107-77(127)59(37-67(118)119)106-75(125)57(34-49-39-93-41-98-49)104-74(124)56(33-48-38-97-53-20-12-11-19-51(48)53)103-76(126)58(36-65(88)115)105-72(122)54(21-13-27-95-85(89)90)101-70(120)45(5)100-71(121)52(87)25-26-66(116)117/h8-12,17-20,38-46,52,54-64,68-69,97,114H,7,13-16,21-37,87H2,1-6H3,(H2,88,115)(H,93,98)(H,94,99)(H,100,121)(H,101,120)(H,102,128)(H,103,126)(H,104,124)(H,105,122)(H,106,125)(H,107,127)(H,108,130)(H,109,131)(H,110,129)(H,111,123)(H,116,117)(H,118,119)(H,134,135)(H4,89,90,95)(H4,91,92,96)/t44-,45-,46+,52-,54-,55-,56-,57-,58-,59-,60-,61-,62-,63-,64-,68-,69-/m0/s1. The van der Waals surface area contributed by atoms with E-state index in [-0.39, 0.29) is 121 Å². The van der Waals surface area contributed by atoms with Crippen molar-refractivity contribution in [3.8, 4) is 0 Å². The SMILES string of the molecule is CC[C@H](C)[C@H](NC(=O)[C@@H]1CCCN1C(=O)[C@H](Cc1ccccc1)NC(=O)[C@H](CC(=O)O)NC(=O)[C@H](Cc1cnc[nH]1)NC(=O)[C@H](Cc1c[nH]c2ccccc12)NC(=O)[C@H](CC(N)=O)NC(=O)[C@H](CCCNC(=N)N)NC(=O)[C@H](C)NC(=O)[C@@H](N)CCC(=O)O)C(=O)N[C@@H](Cc1cnc[nH]1)C(=O)N1CCC[C@H]1C(=O)N[C@@H](CCCNC(=N)N)C(=O)N[C@H](C(=O)N[C@@H](CC(C)C)C(=O)O)[C@@H](C)O. The number of carbonyl (C=O) groups is 18. The van der Waals surface area contributed by atoms with E-state index < -0.39 is 253 Å². The summed E-state index contributed by atoms with van der Waals surface area (Å²) in [5, 5.41) is 91.4. The first-order valence-electron chi connectivity index (χ1n) is 44.4. The van der Waals surface area contributed by atoms with Crippen LogP contribution < -0.4 is 97.4 Å². The zero-order valence-corrected chi connectivity index (χ0v) is 75.8. The lowest BCUT2D eigenvalue weighted by atomic mass is 9.96. The molecule has 7 rings (SSSR count). The first-order chi connectivity index (χ1) is 64.0. The minimum absolute atomic E-state index is 0.00262. The zero-order chi connectivity index (χ0) is 99.4. The number of carboxylic acid groups (broad SMARTS) is 3. The molecule has 49 nitrogen and oxygen atoms in total. The lowest BCUT2D eigenvalue weighted by molar-refractivity contribution is -0.144. The minimum atomic E-state index is -2.07. The smallest absolute Gasteiger partial charge is 0.326 e. The molecule has 17 atom stereocenters. The van der Waals surface area contributed by atoms with Crippen molar-refractivity contribution in [2.45, 2.75) is 254 Å². The maximum absolute atomic E-state index is 15.4. The Labute approximate surface area is 775 Å². The van der Waals surface area contributed by atoms with E-state index in [1.54, 1.807) is 82.3 Å². The van der Waals surface area contributed by atoms with Gasteiger partial charge in [0.05, 0.1) is 37.6 Å². The molecule has 0 bridgehead atoms. The van der Waals surface area contributed by atoms with Gasteiger partial charge < -0.3 is 143 Å². The highest BCUT2D eigenvalue weighted by molar-refractivity contribution is 6.02. The maximum atomic E-state index is 15.4. The van der Waals surface area contributed by atoms with Gasteiger partial charge in [-0.15, -0.1) is 0 Å². The van der Waals surface area contributed by atoms with Crippen LogP contribution in [0.15, 0.2) is 85.8 Å². The van der Waals surface area contributed by atoms with E-state index in [1.165, 1.54) is 54.9 Å². The minimum Gasteiger partial charge on any atom is -0.481 e. The van der Waals surface area contributed by atoms with Crippen molar-refractivity contribution in [2.24, 2.45) is 34.8 Å². The Bertz CT molecular complexity index is 4980. The first-order valence-corrected chi connectivity index (χ1v) is 44.4. The van der Waals surface area contributed by atoms with Gasteiger partial charge in [-0.25, -0.2) is 14.8 Å². The summed E-state index contributed by atoms with van der Waals surface area (Å²) in [6.07, 6.45) is 1.36. The van der Waals surface area contributed by atoms with Crippen LogP contribution >= 0.6 is 0 Å². The summed E-state index contributed by atoms with van der Waals surface area (Å²) in [6.45, 7) is 9.14. The number of carboxylic acids is 3. The number of rotatable bonds is 55. The molecule has 49 heteroatoms. The fraction of sp³-hybridized carbons (Fsp3) is 0.535. The number of aliphatic hydroxyl groups excluding tert-OH is 1. The highest BCUT2D eigenvalue weighted by Gasteiger charge is 2.45. The van der Waals surface area contributed by atoms with Gasteiger partial charge in [0.15, 0.2) is 11.9 Å². The average Bonchev–Trinajstić information content (AvgIpc) is 1.71. The third kappa shape index (κ3) is 33.8. The Morgan fingerprint density at radius 1 is 0.481 bits per heavy atom. The second-order valence-electron chi connectivity index (χ2n) is 33.8. The molecule has 2 saturated heterocycles. The van der Waals surface area contributed by atoms with Gasteiger partial charge in [-0.3, -0.25) is 92.3 Å². The van der Waals surface area contributed by atoms with Crippen LogP contribution in [0.1, 0.15) is 154 Å². The van der Waals surface area contributed by atoms with Gasteiger partial charge in [-0.05, 0) is 107 Å². The number of nitrogens with zero attached hydrogens (tertiary/aromatic N) is 4. The van der Waals surface area contributed by atoms with Crippen LogP contribution in [0.5, 0.6) is 0 Å². The predicted molar refractivity (Wildman–Crippen MR) is 482 cm³/mol. The largest absolute Gasteiger partial charge is 0.481 e. The number of aliphatic hydroxyl groups is 1. The summed E-state index contributed by atoms with van der Waals surface area (Å²) in [6, 6.07) is -8.72. The van der Waals surface area contributed by atoms with E-state index in [1.807, 2.05) is 0 Å². The third-order valence-corrected chi connectivity index (χ3v) is 22.7. The number of nitrogens with one attached hydrogen (secondary N) is 19. The number of amides is 15. The Balaban J connectivity index is 1.12. The van der Waals surface area contributed by atoms with Crippen LogP contribution in [0.25, 0.3) is 10.9 Å². The van der Waals surface area contributed by atoms with Gasteiger partial charge in [0.25, 0.3) is 0 Å². The topological polar surface area (TPSA) is 788 Å². The van der Waals surface area contributed by atoms with Crippen LogP contribution in [-0.2, 0) is 112 Å². The summed E-state index contributed by atoms with van der Waals surface area (Å²) in [5.74, 6) is -21.1. The van der Waals surface area contributed by atoms with Gasteiger partial charge in [-0.2, -0.15) is 0 Å². The molecular formula is C86H125N27O22. The van der Waals surface area contributed by atoms with Crippen molar-refractivity contribution in [2.75, 3.05) is 26.2 Å². The number of hydrogen-bond acceptors (Lipinski definition) is 24. The van der Waals surface area contributed by atoms with Crippen LogP contribution in [0.3, 0.4) is 0 Å². The molecule has 135 heavy (non-hydrogen) atoms. The molecule has 2 aliphatic rings. The zero-order valence-electron chi connectivity index (χ0n) is 75.8. The Morgan fingerprint density at radius 3 is 1.45 bits per heavy atom. The van der Waals surface area contributed by atoms with E-state index >= 15 is 33.6 Å². The van der Waals surface area contributed by atoms with E-state index in [4.69, 9.17) is 38.9 Å². The number of carbonyl (C=O) groups excluding carboxylic acids is 15. The lowest BCUT2D eigenvalue weighted by Gasteiger charge is -2.33. The van der Waals surface area contributed by atoms with Crippen LogP contribution in [0, 0.1) is 22.7 Å². The van der Waals surface area contributed by atoms with E-state index in [0.29, 0.717) is 27.7 Å². The normalized spacial score (nSPS) is 16.8. The molecule has 0 aliphatic carbocycles. The number of fused-ring (bicyclic) bond motifs is 1. The number of nitrogens with two attached hydrogens (primary N) is 4. The van der Waals surface area contributed by atoms with Gasteiger partial charge in [0, 0.05) is 99.2 Å². The van der Waals surface area contributed by atoms with Crippen molar-refractivity contribution < 1.29 is 107 Å². The number of guanidine groups is 2. The third-order valence-electron chi connectivity index (χ3n) is 22.7. The van der Waals surface area contributed by atoms with Crippen LogP contribution in [0.2, 0.25) is 0 Å². The second kappa shape index (κ2) is 52.5. The van der Waals surface area contributed by atoms with Crippen LogP contribution in [-0.4, -0.2) is 296 Å². The number of imidazole rings is 2. The van der Waals surface area contributed by atoms with Gasteiger partial charge >= 0.3 is 17.9 Å². The summed E-state index contributed by atoms with van der Waals surface area (Å²) in [7, 11) is 0. The second-order valence-corrected chi connectivity index (χ2v) is 33.8. The fourth-order valence-corrected chi connectivity index (χ4v) is 15.4. The van der Waals surface area contributed by atoms with Crippen molar-refractivity contribution in [1.29, 1.82) is 10.8 Å². The first kappa shape index (κ1) is 107. The predicted octanol–water partition coefficient (Wildman–Crippen LogP) is -5.67. The highest BCUT2D eigenvalue weighted by atomic mass is 16.4. The molecule has 2 fully saturated rings. The molecule has 5 heterocycles. The number of aromatic amines is 3. The Kier molecular flexibility index (Phi) is 41.8. The number of para-hydroxylation sites is 1. The molecular weight excluding hydrogens is 1760 g/mol. The van der Waals surface area contributed by atoms with Gasteiger partial charge in [0.1, 0.15) is 84.6 Å². The molecule has 31 N–H and O–H groups in total. The fourth-order valence-electron chi connectivity index (χ4n) is 15.4. The molecule has 0 saturated carbocycles. The summed E-state index contributed by atoms with van der Waals surface area (Å²) in [5.41, 5.74) is 24.4. The van der Waals surface area contributed by atoms with Crippen molar-refractivity contribution in [1.82, 2.24) is 109 Å². The Hall–Kier alpha value is -14.7. The Morgan fingerprint density at radius 2 is 0.941 bits per heavy atom. The maximum Gasteiger partial charge on any atom is 0.326 e. The van der Waals surface area contributed by atoms with Gasteiger partial charge in [0.2, 0.25) is 88.6 Å². The van der Waals surface area contributed by atoms with Crippen molar-refractivity contribution in [3.63, 3.8) is 0 Å². The summed E-state index contributed by atoms with van der Waals surface area (Å²) < 4.78 is 0. The molecule has 0 radical (unpaired) electrons. The van der Waals surface area contributed by atoms with Crippen molar-refractivity contribution >= 4 is 129 Å². The molecule has 3 aromatic heterocycles. The van der Waals surface area contributed by atoms with Gasteiger partial charge in [-0.1, -0.05) is 82.6 Å². The number of aliphatic carboxylic acids is 3. The quantitative estimate of drug-likeness (QED) is 0.00980. The molecule has 0 spiro atoms. The molecule has 0 unspecified atom stereocenters. The molecule has 2 aromatic carbocycles. The average molecular weight is 1890 g/mol. The lowest BCUT2D eigenvalue weighted by Crippen LogP contribution is -2.62. The van der Waals surface area contributed by atoms with E-state index in [0.717, 1.165) is 0 Å². The van der Waals surface area contributed by atoms with Crippen molar-refractivity contribution in [3.05, 3.63) is 108 Å².